The first-order valence-corrected chi connectivity index (χ1v) is 8.52. The van der Waals surface area contributed by atoms with Gasteiger partial charge in [-0.25, -0.2) is 0 Å². The molecule has 1 saturated heterocycles. The Morgan fingerprint density at radius 2 is 1.92 bits per heavy atom. The highest BCUT2D eigenvalue weighted by Gasteiger charge is 2.34. The minimum atomic E-state index is -0.0642. The van der Waals surface area contributed by atoms with Crippen LogP contribution in [0.1, 0.15) is 23.8 Å². The van der Waals surface area contributed by atoms with E-state index in [4.69, 9.17) is 9.26 Å². The first-order chi connectivity index (χ1) is 12.7. The van der Waals surface area contributed by atoms with Gasteiger partial charge in [-0.3, -0.25) is 4.79 Å². The highest BCUT2D eigenvalue weighted by atomic mass is 16.5. The molecule has 0 N–H and O–H groups in total. The van der Waals surface area contributed by atoms with Crippen molar-refractivity contribution in [1.82, 2.24) is 15.0 Å². The lowest BCUT2D eigenvalue weighted by molar-refractivity contribution is -0.128. The number of carbonyl (C=O) groups excluding carboxylic acids is 1. The third kappa shape index (κ3) is 3.31. The predicted molar refractivity (Wildman–Crippen MR) is 95.5 cm³/mol. The van der Waals surface area contributed by atoms with Crippen molar-refractivity contribution in [3.63, 3.8) is 0 Å². The minimum absolute atomic E-state index is 0.0642. The number of rotatable bonds is 5. The van der Waals surface area contributed by atoms with Crippen LogP contribution >= 0.6 is 0 Å². The Balaban J connectivity index is 1.46. The van der Waals surface area contributed by atoms with Gasteiger partial charge in [0.25, 0.3) is 0 Å². The quantitative estimate of drug-likeness (QED) is 0.707. The van der Waals surface area contributed by atoms with Gasteiger partial charge in [0.15, 0.2) is 0 Å². The number of aromatic nitrogens is 2. The lowest BCUT2D eigenvalue weighted by Crippen LogP contribution is -2.24. The Hall–Kier alpha value is -3.15. The maximum atomic E-state index is 12.3. The van der Waals surface area contributed by atoms with E-state index in [9.17, 15) is 4.79 Å². The van der Waals surface area contributed by atoms with E-state index in [1.54, 1.807) is 7.11 Å². The van der Waals surface area contributed by atoms with E-state index in [1.807, 2.05) is 59.5 Å². The fourth-order valence-electron chi connectivity index (χ4n) is 3.15. The Morgan fingerprint density at radius 1 is 1.15 bits per heavy atom. The molecule has 1 aromatic heterocycles. The topological polar surface area (TPSA) is 68.5 Å². The molecular weight excluding hydrogens is 330 g/mol. The zero-order valence-corrected chi connectivity index (χ0v) is 14.5. The summed E-state index contributed by atoms with van der Waals surface area (Å²) in [5.74, 6) is 1.86. The molecule has 1 aliphatic rings. The van der Waals surface area contributed by atoms with Crippen LogP contribution in [0.3, 0.4) is 0 Å². The predicted octanol–water partition coefficient (Wildman–Crippen LogP) is 3.26. The van der Waals surface area contributed by atoms with E-state index < -0.39 is 0 Å². The smallest absolute Gasteiger partial charge is 0.232 e. The third-order valence-corrected chi connectivity index (χ3v) is 4.57. The van der Waals surface area contributed by atoms with Crippen LogP contribution in [0.2, 0.25) is 0 Å². The van der Waals surface area contributed by atoms with E-state index in [0.29, 0.717) is 31.2 Å². The number of benzene rings is 2. The molecule has 6 nitrogen and oxygen atoms in total. The highest BCUT2D eigenvalue weighted by Crippen LogP contribution is 2.30. The SMILES string of the molecule is COc1ccc(-c2noc(C3CC(=O)N(Cc4ccccc4)C3)n2)cc1. The Kier molecular flexibility index (Phi) is 4.39. The van der Waals surface area contributed by atoms with Crippen molar-refractivity contribution < 1.29 is 14.1 Å². The van der Waals surface area contributed by atoms with Crippen molar-refractivity contribution in [2.24, 2.45) is 0 Å². The van der Waals surface area contributed by atoms with Gasteiger partial charge in [-0.15, -0.1) is 0 Å². The van der Waals surface area contributed by atoms with Crippen LogP contribution in [0.5, 0.6) is 5.75 Å². The average molecular weight is 349 g/mol. The summed E-state index contributed by atoms with van der Waals surface area (Å²) in [7, 11) is 1.62. The van der Waals surface area contributed by atoms with Crippen LogP contribution in [-0.4, -0.2) is 34.6 Å². The Labute approximate surface area is 151 Å². The number of amides is 1. The van der Waals surface area contributed by atoms with E-state index >= 15 is 0 Å². The van der Waals surface area contributed by atoms with Gasteiger partial charge in [-0.05, 0) is 29.8 Å². The maximum absolute atomic E-state index is 12.3. The number of carbonyl (C=O) groups is 1. The first-order valence-electron chi connectivity index (χ1n) is 8.52. The monoisotopic (exact) mass is 349 g/mol. The summed E-state index contributed by atoms with van der Waals surface area (Å²) < 4.78 is 10.6. The molecule has 1 atom stereocenters. The van der Waals surface area contributed by atoms with Crippen molar-refractivity contribution in [3.05, 3.63) is 66.1 Å². The zero-order chi connectivity index (χ0) is 17.9. The molecule has 1 unspecified atom stereocenters. The number of hydrogen-bond donors (Lipinski definition) is 0. The van der Waals surface area contributed by atoms with Crippen molar-refractivity contribution in [2.75, 3.05) is 13.7 Å². The molecule has 1 fully saturated rings. The average Bonchev–Trinajstić information content (AvgIpc) is 3.30. The van der Waals surface area contributed by atoms with Crippen LogP contribution in [0.15, 0.2) is 59.1 Å². The van der Waals surface area contributed by atoms with E-state index in [2.05, 4.69) is 10.1 Å². The minimum Gasteiger partial charge on any atom is -0.497 e. The van der Waals surface area contributed by atoms with E-state index in [1.165, 1.54) is 0 Å². The molecule has 0 aliphatic carbocycles. The van der Waals surface area contributed by atoms with Crippen molar-refractivity contribution >= 4 is 5.91 Å². The van der Waals surface area contributed by atoms with E-state index in [-0.39, 0.29) is 11.8 Å². The first kappa shape index (κ1) is 16.3. The van der Waals surface area contributed by atoms with Crippen LogP contribution in [0.25, 0.3) is 11.4 Å². The fraction of sp³-hybridized carbons (Fsp3) is 0.250. The second-order valence-corrected chi connectivity index (χ2v) is 6.35. The molecule has 0 bridgehead atoms. The summed E-state index contributed by atoms with van der Waals surface area (Å²) in [5, 5.41) is 4.06. The van der Waals surface area contributed by atoms with Crippen molar-refractivity contribution in [3.8, 4) is 17.1 Å². The third-order valence-electron chi connectivity index (χ3n) is 4.57. The number of likely N-dealkylation sites (tertiary alicyclic amines) is 1. The molecular formula is C20H19N3O3. The van der Waals surface area contributed by atoms with Gasteiger partial charge in [-0.2, -0.15) is 4.98 Å². The summed E-state index contributed by atoms with van der Waals surface area (Å²) in [6, 6.07) is 17.4. The molecule has 1 aliphatic heterocycles. The highest BCUT2D eigenvalue weighted by molar-refractivity contribution is 5.79. The molecule has 132 valence electrons. The molecule has 0 radical (unpaired) electrons. The van der Waals surface area contributed by atoms with Gasteiger partial charge in [0, 0.05) is 25.1 Å². The molecule has 1 amide bonds. The summed E-state index contributed by atoms with van der Waals surface area (Å²) in [4.78, 5) is 18.7. The fourth-order valence-corrected chi connectivity index (χ4v) is 3.15. The largest absolute Gasteiger partial charge is 0.497 e. The Bertz CT molecular complexity index is 890. The second-order valence-electron chi connectivity index (χ2n) is 6.35. The number of nitrogens with zero attached hydrogens (tertiary/aromatic N) is 3. The summed E-state index contributed by atoms with van der Waals surface area (Å²) >= 11 is 0. The summed E-state index contributed by atoms with van der Waals surface area (Å²) in [5.41, 5.74) is 1.97. The lowest BCUT2D eigenvalue weighted by atomic mass is 10.1. The van der Waals surface area contributed by atoms with Crippen LogP contribution in [0.4, 0.5) is 0 Å². The van der Waals surface area contributed by atoms with Gasteiger partial charge in [0.2, 0.25) is 17.6 Å². The Morgan fingerprint density at radius 3 is 2.65 bits per heavy atom. The lowest BCUT2D eigenvalue weighted by Gasteiger charge is -2.15. The van der Waals surface area contributed by atoms with Crippen molar-refractivity contribution in [2.45, 2.75) is 18.9 Å². The molecule has 26 heavy (non-hydrogen) atoms. The molecule has 2 aromatic carbocycles. The van der Waals surface area contributed by atoms with Gasteiger partial charge in [0.1, 0.15) is 5.75 Å². The van der Waals surface area contributed by atoms with Gasteiger partial charge in [-0.1, -0.05) is 35.5 Å². The van der Waals surface area contributed by atoms with E-state index in [0.717, 1.165) is 16.9 Å². The van der Waals surface area contributed by atoms with Gasteiger partial charge < -0.3 is 14.2 Å². The summed E-state index contributed by atoms with van der Waals surface area (Å²) in [6.07, 6.45) is 0.400. The normalized spacial score (nSPS) is 16.9. The molecule has 2 heterocycles. The molecule has 6 heteroatoms. The number of ether oxygens (including phenoxy) is 1. The van der Waals surface area contributed by atoms with Gasteiger partial charge in [0.05, 0.1) is 13.0 Å². The van der Waals surface area contributed by atoms with Gasteiger partial charge >= 0.3 is 0 Å². The van der Waals surface area contributed by atoms with Crippen LogP contribution in [0, 0.1) is 0 Å². The van der Waals surface area contributed by atoms with Crippen molar-refractivity contribution in [1.29, 1.82) is 0 Å². The molecule has 0 saturated carbocycles. The van der Waals surface area contributed by atoms with Crippen LogP contribution < -0.4 is 4.74 Å². The molecule has 4 rings (SSSR count). The molecule has 3 aromatic rings. The molecule has 0 spiro atoms. The maximum Gasteiger partial charge on any atom is 0.232 e. The summed E-state index contributed by atoms with van der Waals surface area (Å²) in [6.45, 7) is 1.20. The number of methoxy groups -OCH3 is 1. The standard InChI is InChI=1S/C20H19N3O3/c1-25-17-9-7-15(8-10-17)19-21-20(26-22-19)16-11-18(24)23(13-16)12-14-5-3-2-4-6-14/h2-10,16H,11-13H2,1H3. The van der Waals surface area contributed by atoms with Crippen LogP contribution in [-0.2, 0) is 11.3 Å². The zero-order valence-electron chi connectivity index (χ0n) is 14.5. The second kappa shape index (κ2) is 7.00. The number of hydrogen-bond acceptors (Lipinski definition) is 5.